The number of primary amides is 1. The number of fused-ring (bicyclic) bond motifs is 1. The Bertz CT molecular complexity index is 1000. The van der Waals surface area contributed by atoms with Gasteiger partial charge in [-0.25, -0.2) is 4.79 Å². The van der Waals surface area contributed by atoms with Crippen LogP contribution in [0.1, 0.15) is 48.2 Å². The molecule has 0 spiro atoms. The van der Waals surface area contributed by atoms with E-state index in [9.17, 15) is 29.7 Å². The SMILES string of the molecule is Cn1c(C(=O)O)c([C@]2(C(N)=O)CCCC[C@H]2C(=O)N[C@H](CO)CCO)c2ccccc21. The molecule has 31 heavy (non-hydrogen) atoms. The fourth-order valence-corrected chi connectivity index (χ4v) is 5.01. The van der Waals surface area contributed by atoms with E-state index in [0.29, 0.717) is 30.2 Å². The highest BCUT2D eigenvalue weighted by Crippen LogP contribution is 2.48. The van der Waals surface area contributed by atoms with E-state index in [0.717, 1.165) is 0 Å². The largest absolute Gasteiger partial charge is 0.477 e. The Kier molecular flexibility index (Phi) is 6.66. The lowest BCUT2D eigenvalue weighted by molar-refractivity contribution is -0.138. The minimum Gasteiger partial charge on any atom is -0.477 e. The number of aliphatic hydroxyl groups is 2. The number of benzene rings is 1. The van der Waals surface area contributed by atoms with Gasteiger partial charge >= 0.3 is 5.97 Å². The number of nitrogens with zero attached hydrogens (tertiary/aromatic N) is 1. The smallest absolute Gasteiger partial charge is 0.352 e. The van der Waals surface area contributed by atoms with Gasteiger partial charge in [-0.3, -0.25) is 9.59 Å². The molecule has 1 fully saturated rings. The summed E-state index contributed by atoms with van der Waals surface area (Å²) in [6, 6.07) is 6.37. The van der Waals surface area contributed by atoms with Crippen molar-refractivity contribution in [3.63, 3.8) is 0 Å². The van der Waals surface area contributed by atoms with Gasteiger partial charge in [-0.15, -0.1) is 0 Å². The zero-order chi connectivity index (χ0) is 22.8. The first-order chi connectivity index (χ1) is 14.8. The van der Waals surface area contributed by atoms with Crippen LogP contribution in [-0.2, 0) is 22.1 Å². The zero-order valence-electron chi connectivity index (χ0n) is 17.5. The number of hydrogen-bond donors (Lipinski definition) is 5. The summed E-state index contributed by atoms with van der Waals surface area (Å²) in [6.07, 6.45) is 2.07. The van der Waals surface area contributed by atoms with Crippen LogP contribution in [0.3, 0.4) is 0 Å². The van der Waals surface area contributed by atoms with Crippen LogP contribution in [0.2, 0.25) is 0 Å². The number of aromatic carboxylic acids is 1. The van der Waals surface area contributed by atoms with Crippen LogP contribution in [0.5, 0.6) is 0 Å². The third kappa shape index (κ3) is 3.79. The summed E-state index contributed by atoms with van der Waals surface area (Å²) < 4.78 is 1.52. The molecule has 1 aliphatic rings. The number of carboxylic acid groups (broad SMARTS) is 1. The average Bonchev–Trinajstić information content (AvgIpc) is 3.06. The van der Waals surface area contributed by atoms with Gasteiger partial charge < -0.3 is 30.9 Å². The molecule has 2 aromatic rings. The van der Waals surface area contributed by atoms with Crippen LogP contribution < -0.4 is 11.1 Å². The van der Waals surface area contributed by atoms with E-state index in [2.05, 4.69) is 5.32 Å². The minimum absolute atomic E-state index is 0.0613. The topological polar surface area (TPSA) is 155 Å². The molecule has 0 radical (unpaired) electrons. The summed E-state index contributed by atoms with van der Waals surface area (Å²) in [5, 5.41) is 32.0. The third-order valence-corrected chi connectivity index (χ3v) is 6.46. The van der Waals surface area contributed by atoms with E-state index in [4.69, 9.17) is 5.73 Å². The number of carbonyl (C=O) groups is 3. The van der Waals surface area contributed by atoms with Crippen LogP contribution >= 0.6 is 0 Å². The fourth-order valence-electron chi connectivity index (χ4n) is 5.01. The second-order valence-corrected chi connectivity index (χ2v) is 8.14. The molecule has 1 saturated carbocycles. The molecule has 6 N–H and O–H groups in total. The normalized spacial score (nSPS) is 22.2. The van der Waals surface area contributed by atoms with Gasteiger partial charge in [-0.1, -0.05) is 31.0 Å². The first kappa shape index (κ1) is 22.8. The van der Waals surface area contributed by atoms with Gasteiger partial charge in [0.1, 0.15) is 5.69 Å². The number of aliphatic hydroxyl groups excluding tert-OH is 2. The van der Waals surface area contributed by atoms with Gasteiger partial charge in [0.2, 0.25) is 11.8 Å². The second-order valence-electron chi connectivity index (χ2n) is 8.14. The van der Waals surface area contributed by atoms with Crippen molar-refractivity contribution >= 4 is 28.7 Å². The molecular weight excluding hydrogens is 402 g/mol. The van der Waals surface area contributed by atoms with Crippen molar-refractivity contribution in [3.8, 4) is 0 Å². The number of carbonyl (C=O) groups excluding carboxylic acids is 2. The summed E-state index contributed by atoms with van der Waals surface area (Å²) in [7, 11) is 1.62. The first-order valence-electron chi connectivity index (χ1n) is 10.4. The highest BCUT2D eigenvalue weighted by molar-refractivity contribution is 6.05. The number of nitrogens with two attached hydrogens (primary N) is 1. The number of amides is 2. The van der Waals surface area contributed by atoms with Gasteiger partial charge in [0, 0.05) is 30.1 Å². The number of para-hydroxylation sites is 1. The molecule has 3 atom stereocenters. The Morgan fingerprint density at radius 1 is 1.26 bits per heavy atom. The molecular formula is C22H29N3O6. The molecule has 0 aliphatic heterocycles. The van der Waals surface area contributed by atoms with Crippen LogP contribution in [0, 0.1) is 5.92 Å². The highest BCUT2D eigenvalue weighted by atomic mass is 16.4. The van der Waals surface area contributed by atoms with Gasteiger partial charge in [0.05, 0.1) is 24.0 Å². The van der Waals surface area contributed by atoms with Crippen LogP contribution in [0.4, 0.5) is 0 Å². The Balaban J connectivity index is 2.23. The highest BCUT2D eigenvalue weighted by Gasteiger charge is 2.53. The molecule has 0 saturated heterocycles. The summed E-state index contributed by atoms with van der Waals surface area (Å²) in [5.41, 5.74) is 5.28. The van der Waals surface area contributed by atoms with E-state index in [-0.39, 0.29) is 37.3 Å². The summed E-state index contributed by atoms with van der Waals surface area (Å²) >= 11 is 0. The number of aryl methyl sites for hydroxylation is 1. The molecule has 168 valence electrons. The standard InChI is InChI=1S/C22H29N3O6/c1-25-16-8-3-2-6-14(16)17(18(25)20(29)30)22(21(23)31)10-5-4-7-15(22)19(28)24-13(12-27)9-11-26/h2-3,6,8,13,15,26-27H,4-5,7,9-12H2,1H3,(H2,23,31)(H,24,28)(H,29,30)/t13-,15-,22-/m0/s1. The number of hydrogen-bond acceptors (Lipinski definition) is 5. The predicted octanol–water partition coefficient (Wildman–Crippen LogP) is 0.649. The van der Waals surface area contributed by atoms with Crippen molar-refractivity contribution in [2.24, 2.45) is 18.7 Å². The maximum Gasteiger partial charge on any atom is 0.352 e. The van der Waals surface area contributed by atoms with Gasteiger partial charge in [-0.2, -0.15) is 0 Å². The molecule has 1 aromatic heterocycles. The molecule has 3 rings (SSSR count). The van der Waals surface area contributed by atoms with Crippen molar-refractivity contribution in [2.75, 3.05) is 13.2 Å². The Labute approximate surface area is 179 Å². The van der Waals surface area contributed by atoms with E-state index in [1.165, 1.54) is 4.57 Å². The first-order valence-corrected chi connectivity index (χ1v) is 10.4. The van der Waals surface area contributed by atoms with E-state index in [1.54, 1.807) is 31.3 Å². The molecule has 1 heterocycles. The number of aromatic nitrogens is 1. The fraction of sp³-hybridized carbons (Fsp3) is 0.500. The summed E-state index contributed by atoms with van der Waals surface area (Å²) in [4.78, 5) is 38.6. The molecule has 0 unspecified atom stereocenters. The van der Waals surface area contributed by atoms with Crippen molar-refractivity contribution in [2.45, 2.75) is 43.6 Å². The molecule has 9 heteroatoms. The van der Waals surface area contributed by atoms with E-state index < -0.39 is 35.2 Å². The average molecular weight is 431 g/mol. The van der Waals surface area contributed by atoms with Gasteiger partial charge in [-0.05, 0) is 25.3 Å². The van der Waals surface area contributed by atoms with Crippen molar-refractivity contribution in [1.29, 1.82) is 0 Å². The van der Waals surface area contributed by atoms with Gasteiger partial charge in [0.15, 0.2) is 0 Å². The van der Waals surface area contributed by atoms with E-state index in [1.807, 2.05) is 0 Å². The molecule has 1 aromatic carbocycles. The number of carboxylic acids is 1. The lowest BCUT2D eigenvalue weighted by Crippen LogP contribution is -2.56. The van der Waals surface area contributed by atoms with Crippen LogP contribution in [0.25, 0.3) is 10.9 Å². The quantitative estimate of drug-likeness (QED) is 0.413. The maximum atomic E-state index is 13.3. The Morgan fingerprint density at radius 3 is 2.58 bits per heavy atom. The molecule has 1 aliphatic carbocycles. The third-order valence-electron chi connectivity index (χ3n) is 6.46. The lowest BCUT2D eigenvalue weighted by atomic mass is 9.60. The maximum absolute atomic E-state index is 13.3. The molecule has 2 amide bonds. The van der Waals surface area contributed by atoms with Crippen molar-refractivity contribution < 1.29 is 29.7 Å². The van der Waals surface area contributed by atoms with Crippen LogP contribution in [-0.4, -0.2) is 56.9 Å². The Morgan fingerprint density at radius 2 is 1.97 bits per heavy atom. The van der Waals surface area contributed by atoms with Crippen LogP contribution in [0.15, 0.2) is 24.3 Å². The minimum atomic E-state index is -1.50. The molecule has 0 bridgehead atoms. The lowest BCUT2D eigenvalue weighted by Gasteiger charge is -2.41. The second kappa shape index (κ2) is 9.07. The zero-order valence-corrected chi connectivity index (χ0v) is 17.5. The van der Waals surface area contributed by atoms with Gasteiger partial charge in [0.25, 0.3) is 0 Å². The van der Waals surface area contributed by atoms with Crippen molar-refractivity contribution in [1.82, 2.24) is 9.88 Å². The molecule has 9 nitrogen and oxygen atoms in total. The summed E-state index contributed by atoms with van der Waals surface area (Å²) in [6.45, 7) is -0.582. The summed E-state index contributed by atoms with van der Waals surface area (Å²) in [5.74, 6) is -3.31. The van der Waals surface area contributed by atoms with E-state index >= 15 is 0 Å². The number of rotatable bonds is 8. The number of nitrogens with one attached hydrogen (secondary N) is 1. The predicted molar refractivity (Wildman–Crippen MR) is 113 cm³/mol. The van der Waals surface area contributed by atoms with Crippen molar-refractivity contribution in [3.05, 3.63) is 35.5 Å². The Hall–Kier alpha value is -2.91. The monoisotopic (exact) mass is 431 g/mol.